The van der Waals surface area contributed by atoms with Gasteiger partial charge in [0.2, 0.25) is 5.91 Å². The van der Waals surface area contributed by atoms with Crippen LogP contribution in [0.25, 0.3) is 0 Å². The van der Waals surface area contributed by atoms with Crippen LogP contribution in [-0.4, -0.2) is 41.5 Å². The first-order valence-electron chi connectivity index (χ1n) is 7.04. The molecule has 2 aliphatic heterocycles. The molecule has 0 radical (unpaired) electrons. The van der Waals surface area contributed by atoms with Crippen LogP contribution < -0.4 is 5.32 Å². The summed E-state index contributed by atoms with van der Waals surface area (Å²) in [6.45, 7) is 1.70. The Morgan fingerprint density at radius 2 is 2.05 bits per heavy atom. The third-order valence-electron chi connectivity index (χ3n) is 4.50. The number of hydrogen-bond donors (Lipinski definition) is 2. The fourth-order valence-corrected chi connectivity index (χ4v) is 3.14. The lowest BCUT2D eigenvalue weighted by molar-refractivity contribution is -0.119. The molecule has 2 aliphatic rings. The Kier molecular flexibility index (Phi) is 3.31. The zero-order valence-electron chi connectivity index (χ0n) is 11.6. The summed E-state index contributed by atoms with van der Waals surface area (Å²) in [6, 6.07) is 3.36. The molecule has 0 atom stereocenters. The highest BCUT2D eigenvalue weighted by Gasteiger charge is 2.41. The fourth-order valence-electron chi connectivity index (χ4n) is 3.14. The van der Waals surface area contributed by atoms with Gasteiger partial charge >= 0.3 is 0 Å². The van der Waals surface area contributed by atoms with Crippen molar-refractivity contribution in [2.75, 3.05) is 19.6 Å². The number of halogens is 1. The molecule has 2 fully saturated rings. The molecule has 0 bridgehead atoms. The summed E-state index contributed by atoms with van der Waals surface area (Å²) < 4.78 is 13.2. The molecule has 5 nitrogen and oxygen atoms in total. The lowest BCUT2D eigenvalue weighted by Crippen LogP contribution is -2.44. The number of carbonyl (C=O) groups is 2. The molecule has 1 spiro atoms. The molecule has 1 aromatic carbocycles. The second-order valence-corrected chi connectivity index (χ2v) is 5.91. The highest BCUT2D eigenvalue weighted by Crippen LogP contribution is 2.38. The SMILES string of the molecule is O=C1CC2(CCN(C(=O)c3cc(F)ccc3O)CC2)CN1. The minimum atomic E-state index is -0.546. The van der Waals surface area contributed by atoms with E-state index in [1.54, 1.807) is 4.90 Å². The number of phenols is 1. The zero-order valence-corrected chi connectivity index (χ0v) is 11.6. The van der Waals surface area contributed by atoms with Crippen LogP contribution in [0.2, 0.25) is 0 Å². The lowest BCUT2D eigenvalue weighted by atomic mass is 9.77. The smallest absolute Gasteiger partial charge is 0.257 e. The number of aromatic hydroxyl groups is 1. The van der Waals surface area contributed by atoms with Crippen LogP contribution >= 0.6 is 0 Å². The van der Waals surface area contributed by atoms with Crippen LogP contribution in [0.15, 0.2) is 18.2 Å². The number of nitrogens with zero attached hydrogens (tertiary/aromatic N) is 1. The van der Waals surface area contributed by atoms with E-state index in [9.17, 15) is 19.1 Å². The number of piperidine rings is 1. The second kappa shape index (κ2) is 5.02. The van der Waals surface area contributed by atoms with Gasteiger partial charge in [-0.3, -0.25) is 9.59 Å². The predicted molar refractivity (Wildman–Crippen MR) is 73.3 cm³/mol. The maximum Gasteiger partial charge on any atom is 0.257 e. The van der Waals surface area contributed by atoms with Gasteiger partial charge < -0.3 is 15.3 Å². The summed E-state index contributed by atoms with van der Waals surface area (Å²) in [6.07, 6.45) is 2.00. The van der Waals surface area contributed by atoms with E-state index in [1.165, 1.54) is 6.07 Å². The summed E-state index contributed by atoms with van der Waals surface area (Å²) in [4.78, 5) is 25.3. The topological polar surface area (TPSA) is 69.6 Å². The predicted octanol–water partition coefficient (Wildman–Crippen LogP) is 1.27. The van der Waals surface area contributed by atoms with Gasteiger partial charge in [0.15, 0.2) is 0 Å². The average Bonchev–Trinajstić information content (AvgIpc) is 2.83. The number of rotatable bonds is 1. The third kappa shape index (κ3) is 2.57. The second-order valence-electron chi connectivity index (χ2n) is 5.91. The van der Waals surface area contributed by atoms with Gasteiger partial charge in [0.25, 0.3) is 5.91 Å². The molecule has 6 heteroatoms. The number of likely N-dealkylation sites (tertiary alicyclic amines) is 1. The highest BCUT2D eigenvalue weighted by molar-refractivity contribution is 5.96. The molecule has 2 N–H and O–H groups in total. The molecule has 2 heterocycles. The molecule has 0 aromatic heterocycles. The maximum absolute atomic E-state index is 13.2. The van der Waals surface area contributed by atoms with Crippen LogP contribution in [0, 0.1) is 11.2 Å². The number of amides is 2. The van der Waals surface area contributed by atoms with Crippen LogP contribution in [0.1, 0.15) is 29.6 Å². The van der Waals surface area contributed by atoms with Gasteiger partial charge in [-0.05, 0) is 36.5 Å². The Morgan fingerprint density at radius 1 is 1.33 bits per heavy atom. The van der Waals surface area contributed by atoms with E-state index in [4.69, 9.17) is 0 Å². The number of nitrogens with one attached hydrogen (secondary N) is 1. The van der Waals surface area contributed by atoms with Crippen molar-refractivity contribution in [2.24, 2.45) is 5.41 Å². The molecule has 0 aliphatic carbocycles. The Bertz CT molecular complexity index is 595. The quantitative estimate of drug-likeness (QED) is 0.819. The molecule has 112 valence electrons. The van der Waals surface area contributed by atoms with Gasteiger partial charge in [-0.2, -0.15) is 0 Å². The van der Waals surface area contributed by atoms with E-state index in [0.717, 1.165) is 25.0 Å². The summed E-state index contributed by atoms with van der Waals surface area (Å²) in [5.74, 6) is -1.05. The average molecular weight is 292 g/mol. The fraction of sp³-hybridized carbons (Fsp3) is 0.467. The zero-order chi connectivity index (χ0) is 15.0. The summed E-state index contributed by atoms with van der Waals surface area (Å²) >= 11 is 0. The first-order valence-corrected chi connectivity index (χ1v) is 7.04. The molecule has 2 amide bonds. The van der Waals surface area contributed by atoms with Gasteiger partial charge in [-0.25, -0.2) is 4.39 Å². The normalized spacial score (nSPS) is 20.6. The molecule has 1 aromatic rings. The third-order valence-corrected chi connectivity index (χ3v) is 4.50. The van der Waals surface area contributed by atoms with Gasteiger partial charge in [0.1, 0.15) is 11.6 Å². The van der Waals surface area contributed by atoms with Crippen molar-refractivity contribution in [3.05, 3.63) is 29.6 Å². The Labute approximate surface area is 121 Å². The van der Waals surface area contributed by atoms with Gasteiger partial charge in [-0.1, -0.05) is 0 Å². The molecule has 0 unspecified atom stereocenters. The largest absolute Gasteiger partial charge is 0.507 e. The van der Waals surface area contributed by atoms with Crippen molar-refractivity contribution in [1.29, 1.82) is 0 Å². The number of carbonyl (C=O) groups excluding carboxylic acids is 2. The molecular weight excluding hydrogens is 275 g/mol. The molecular formula is C15H17FN2O3. The summed E-state index contributed by atoms with van der Waals surface area (Å²) in [5, 5.41) is 12.5. The first kappa shape index (κ1) is 13.9. The van der Waals surface area contributed by atoms with Crippen molar-refractivity contribution in [1.82, 2.24) is 10.2 Å². The van der Waals surface area contributed by atoms with Crippen molar-refractivity contribution in [2.45, 2.75) is 19.3 Å². The van der Waals surface area contributed by atoms with E-state index < -0.39 is 5.82 Å². The van der Waals surface area contributed by atoms with E-state index >= 15 is 0 Å². The van der Waals surface area contributed by atoms with Crippen LogP contribution in [0.5, 0.6) is 5.75 Å². The van der Waals surface area contributed by atoms with E-state index in [-0.39, 0.29) is 28.5 Å². The van der Waals surface area contributed by atoms with Gasteiger partial charge in [0.05, 0.1) is 5.56 Å². The summed E-state index contributed by atoms with van der Waals surface area (Å²) in [7, 11) is 0. The Morgan fingerprint density at radius 3 is 2.67 bits per heavy atom. The standard InChI is InChI=1S/C15H17FN2O3/c16-10-1-2-12(19)11(7-10)14(21)18-5-3-15(4-6-18)8-13(20)17-9-15/h1-2,7,19H,3-6,8-9H2,(H,17,20). The molecule has 2 saturated heterocycles. The lowest BCUT2D eigenvalue weighted by Gasteiger charge is -2.38. The van der Waals surface area contributed by atoms with E-state index in [0.29, 0.717) is 26.1 Å². The summed E-state index contributed by atoms with van der Waals surface area (Å²) in [5.41, 5.74) is -0.0516. The Hall–Kier alpha value is -2.11. The first-order chi connectivity index (χ1) is 9.99. The van der Waals surface area contributed by atoms with Crippen molar-refractivity contribution in [3.8, 4) is 5.75 Å². The molecule has 3 rings (SSSR count). The van der Waals surface area contributed by atoms with E-state index in [2.05, 4.69) is 5.32 Å². The van der Waals surface area contributed by atoms with Crippen LogP contribution in [0.3, 0.4) is 0 Å². The van der Waals surface area contributed by atoms with E-state index in [1.807, 2.05) is 0 Å². The Balaban J connectivity index is 1.70. The number of phenolic OH excluding ortho intramolecular Hbond substituents is 1. The van der Waals surface area contributed by atoms with Crippen molar-refractivity contribution in [3.63, 3.8) is 0 Å². The maximum atomic E-state index is 13.2. The van der Waals surface area contributed by atoms with Gasteiger partial charge in [0, 0.05) is 26.1 Å². The molecule has 21 heavy (non-hydrogen) atoms. The number of benzene rings is 1. The van der Waals surface area contributed by atoms with Crippen molar-refractivity contribution < 1.29 is 19.1 Å². The minimum Gasteiger partial charge on any atom is -0.507 e. The number of hydrogen-bond acceptors (Lipinski definition) is 3. The van der Waals surface area contributed by atoms with Gasteiger partial charge in [-0.15, -0.1) is 0 Å². The molecule has 0 saturated carbocycles. The minimum absolute atomic E-state index is 0.00780. The van der Waals surface area contributed by atoms with Crippen molar-refractivity contribution >= 4 is 11.8 Å². The van der Waals surface area contributed by atoms with Crippen LogP contribution in [-0.2, 0) is 4.79 Å². The van der Waals surface area contributed by atoms with Crippen LogP contribution in [0.4, 0.5) is 4.39 Å². The highest BCUT2D eigenvalue weighted by atomic mass is 19.1. The monoisotopic (exact) mass is 292 g/mol.